The Morgan fingerprint density at radius 2 is 1.90 bits per heavy atom. The molecule has 1 aliphatic carbocycles. The van der Waals surface area contributed by atoms with Gasteiger partial charge in [0.25, 0.3) is 0 Å². The Bertz CT molecular complexity index is 539. The van der Waals surface area contributed by atoms with E-state index in [9.17, 15) is 14.0 Å². The Balaban J connectivity index is 2.15. The Kier molecular flexibility index (Phi) is 4.04. The van der Waals surface area contributed by atoms with E-state index in [0.29, 0.717) is 12.8 Å². The minimum absolute atomic E-state index is 0.240. The summed E-state index contributed by atoms with van der Waals surface area (Å²) in [6, 6.07) is 3.44. The lowest BCUT2D eigenvalue weighted by atomic mass is 9.82. The summed E-state index contributed by atoms with van der Waals surface area (Å²) in [5, 5.41) is 11.4. The van der Waals surface area contributed by atoms with Crippen molar-refractivity contribution in [3.05, 3.63) is 29.6 Å². The zero-order chi connectivity index (χ0) is 14.8. The molecule has 5 nitrogen and oxygen atoms in total. The van der Waals surface area contributed by atoms with Gasteiger partial charge in [-0.1, -0.05) is 19.3 Å². The normalized spacial score (nSPS) is 17.5. The van der Waals surface area contributed by atoms with E-state index in [1.165, 1.54) is 6.07 Å². The van der Waals surface area contributed by atoms with Crippen molar-refractivity contribution in [2.75, 3.05) is 5.32 Å². The molecule has 1 amide bonds. The molecule has 0 radical (unpaired) electrons. The number of carboxylic acids is 1. The molecule has 1 aliphatic rings. The number of carbonyl (C=O) groups excluding carboxylic acids is 1. The van der Waals surface area contributed by atoms with Gasteiger partial charge in [-0.2, -0.15) is 0 Å². The van der Waals surface area contributed by atoms with E-state index in [0.717, 1.165) is 31.4 Å². The average molecular weight is 280 g/mol. The molecule has 0 aromatic heterocycles. The first-order valence-electron chi connectivity index (χ1n) is 6.55. The maximum Gasteiger partial charge on any atom is 0.338 e. The minimum Gasteiger partial charge on any atom is -0.478 e. The van der Waals surface area contributed by atoms with Gasteiger partial charge in [0.1, 0.15) is 5.82 Å². The van der Waals surface area contributed by atoms with Crippen molar-refractivity contribution >= 4 is 17.6 Å². The van der Waals surface area contributed by atoms with Crippen LogP contribution in [0.25, 0.3) is 0 Å². The van der Waals surface area contributed by atoms with E-state index in [1.807, 2.05) is 0 Å². The predicted octanol–water partition coefficient (Wildman–Crippen LogP) is 2.12. The summed E-state index contributed by atoms with van der Waals surface area (Å²) in [5.41, 5.74) is 4.92. The highest BCUT2D eigenvalue weighted by molar-refractivity contribution is 5.99. The van der Waals surface area contributed by atoms with Gasteiger partial charge in [-0.3, -0.25) is 4.79 Å². The Hall–Kier alpha value is -1.95. The third-order valence-corrected chi connectivity index (χ3v) is 3.65. The Morgan fingerprint density at radius 3 is 2.50 bits per heavy atom. The molecule has 1 fully saturated rings. The molecule has 0 atom stereocenters. The van der Waals surface area contributed by atoms with Crippen LogP contribution in [0.15, 0.2) is 18.2 Å². The predicted molar refractivity (Wildman–Crippen MR) is 72.0 cm³/mol. The van der Waals surface area contributed by atoms with E-state index in [4.69, 9.17) is 10.8 Å². The average Bonchev–Trinajstić information content (AvgIpc) is 2.41. The molecule has 1 aromatic rings. The second kappa shape index (κ2) is 5.58. The van der Waals surface area contributed by atoms with Crippen LogP contribution in [0.1, 0.15) is 42.5 Å². The van der Waals surface area contributed by atoms with Gasteiger partial charge in [0.05, 0.1) is 11.1 Å². The first kappa shape index (κ1) is 14.5. The van der Waals surface area contributed by atoms with Crippen molar-refractivity contribution in [3.8, 4) is 0 Å². The molecule has 1 saturated carbocycles. The Morgan fingerprint density at radius 1 is 1.25 bits per heavy atom. The van der Waals surface area contributed by atoms with Crippen LogP contribution in [-0.2, 0) is 4.79 Å². The smallest absolute Gasteiger partial charge is 0.338 e. The standard InChI is InChI=1S/C14H17FN2O3/c15-11-5-4-9(8-10(11)12(18)19)17-13(20)14(16)6-2-1-3-7-14/h4-5,8H,1-3,6-7,16H2,(H,17,20)(H,18,19). The highest BCUT2D eigenvalue weighted by atomic mass is 19.1. The molecule has 20 heavy (non-hydrogen) atoms. The molecule has 0 spiro atoms. The summed E-state index contributed by atoms with van der Waals surface area (Å²) < 4.78 is 13.3. The highest BCUT2D eigenvalue weighted by Gasteiger charge is 2.35. The van der Waals surface area contributed by atoms with Crippen molar-refractivity contribution in [2.24, 2.45) is 5.73 Å². The van der Waals surface area contributed by atoms with Crippen LogP contribution < -0.4 is 11.1 Å². The van der Waals surface area contributed by atoms with Crippen molar-refractivity contribution in [1.29, 1.82) is 0 Å². The maximum absolute atomic E-state index is 13.3. The monoisotopic (exact) mass is 280 g/mol. The topological polar surface area (TPSA) is 92.4 Å². The number of halogens is 1. The molecule has 6 heteroatoms. The number of amides is 1. The van der Waals surface area contributed by atoms with Gasteiger partial charge < -0.3 is 16.2 Å². The van der Waals surface area contributed by atoms with Gasteiger partial charge in [0.2, 0.25) is 5.91 Å². The van der Waals surface area contributed by atoms with E-state index in [-0.39, 0.29) is 11.6 Å². The number of carboxylic acid groups (broad SMARTS) is 1. The number of hydrogen-bond acceptors (Lipinski definition) is 3. The molecule has 0 heterocycles. The van der Waals surface area contributed by atoms with Crippen molar-refractivity contribution < 1.29 is 19.1 Å². The fourth-order valence-electron chi connectivity index (χ4n) is 2.43. The summed E-state index contributed by atoms with van der Waals surface area (Å²) in [4.78, 5) is 23.0. The SMILES string of the molecule is NC1(C(=O)Nc2ccc(F)c(C(=O)O)c2)CCCCC1. The summed E-state index contributed by atoms with van der Waals surface area (Å²) in [7, 11) is 0. The van der Waals surface area contributed by atoms with Gasteiger partial charge >= 0.3 is 5.97 Å². The third kappa shape index (κ3) is 2.96. The number of nitrogens with two attached hydrogens (primary N) is 1. The van der Waals surface area contributed by atoms with Crippen LogP contribution in [0.5, 0.6) is 0 Å². The van der Waals surface area contributed by atoms with Crippen molar-refractivity contribution in [1.82, 2.24) is 0 Å². The molecule has 108 valence electrons. The quantitative estimate of drug-likeness (QED) is 0.790. The molecule has 2 rings (SSSR count). The number of rotatable bonds is 3. The third-order valence-electron chi connectivity index (χ3n) is 3.65. The zero-order valence-corrected chi connectivity index (χ0v) is 11.0. The molecule has 1 aromatic carbocycles. The van der Waals surface area contributed by atoms with Crippen molar-refractivity contribution in [3.63, 3.8) is 0 Å². The van der Waals surface area contributed by atoms with Crippen LogP contribution in [0.4, 0.5) is 10.1 Å². The van der Waals surface area contributed by atoms with Gasteiger partial charge in [0, 0.05) is 5.69 Å². The second-order valence-corrected chi connectivity index (χ2v) is 5.17. The second-order valence-electron chi connectivity index (χ2n) is 5.17. The largest absolute Gasteiger partial charge is 0.478 e. The van der Waals surface area contributed by atoms with E-state index in [2.05, 4.69) is 5.32 Å². The number of benzene rings is 1. The van der Waals surface area contributed by atoms with Gasteiger partial charge in [-0.15, -0.1) is 0 Å². The van der Waals surface area contributed by atoms with E-state index in [1.54, 1.807) is 0 Å². The number of carbonyl (C=O) groups is 2. The fourth-order valence-corrected chi connectivity index (χ4v) is 2.43. The van der Waals surface area contributed by atoms with Gasteiger partial charge in [0.15, 0.2) is 0 Å². The summed E-state index contributed by atoms with van der Waals surface area (Å²) in [6.45, 7) is 0. The van der Waals surface area contributed by atoms with Gasteiger partial charge in [-0.25, -0.2) is 9.18 Å². The molecule has 4 N–H and O–H groups in total. The first-order valence-corrected chi connectivity index (χ1v) is 6.55. The molecular weight excluding hydrogens is 263 g/mol. The van der Waals surface area contributed by atoms with Crippen LogP contribution in [0.3, 0.4) is 0 Å². The number of hydrogen-bond donors (Lipinski definition) is 3. The molecule has 0 aliphatic heterocycles. The fraction of sp³-hybridized carbons (Fsp3) is 0.429. The number of aromatic carboxylic acids is 1. The molecule has 0 saturated heterocycles. The minimum atomic E-state index is -1.38. The lowest BCUT2D eigenvalue weighted by Crippen LogP contribution is -2.52. The van der Waals surface area contributed by atoms with Crippen molar-refractivity contribution in [2.45, 2.75) is 37.6 Å². The lowest BCUT2D eigenvalue weighted by molar-refractivity contribution is -0.122. The summed E-state index contributed by atoms with van der Waals surface area (Å²) in [6.07, 6.45) is 4.06. The zero-order valence-electron chi connectivity index (χ0n) is 11.0. The molecular formula is C14H17FN2O3. The lowest BCUT2D eigenvalue weighted by Gasteiger charge is -2.31. The summed E-state index contributed by atoms with van der Waals surface area (Å²) in [5.74, 6) is -2.56. The number of anilines is 1. The van der Waals surface area contributed by atoms with Crippen LogP contribution >= 0.6 is 0 Å². The first-order chi connectivity index (χ1) is 9.42. The summed E-state index contributed by atoms with van der Waals surface area (Å²) >= 11 is 0. The van der Waals surface area contributed by atoms with Crippen LogP contribution in [0, 0.1) is 5.82 Å². The molecule has 0 bridgehead atoms. The van der Waals surface area contributed by atoms with Gasteiger partial charge in [-0.05, 0) is 31.0 Å². The maximum atomic E-state index is 13.3. The highest BCUT2D eigenvalue weighted by Crippen LogP contribution is 2.27. The number of nitrogens with one attached hydrogen (secondary N) is 1. The molecule has 0 unspecified atom stereocenters. The Labute approximate surface area is 116 Å². The van der Waals surface area contributed by atoms with Crippen LogP contribution in [0.2, 0.25) is 0 Å². The van der Waals surface area contributed by atoms with E-state index >= 15 is 0 Å². The van der Waals surface area contributed by atoms with Crippen LogP contribution in [-0.4, -0.2) is 22.5 Å². The van der Waals surface area contributed by atoms with E-state index < -0.39 is 22.9 Å².